The van der Waals surface area contributed by atoms with Gasteiger partial charge in [-0.25, -0.2) is 0 Å². The summed E-state index contributed by atoms with van der Waals surface area (Å²) >= 11 is 5.81. The number of carbonyl (C=O) groups excluding carboxylic acids is 1. The van der Waals surface area contributed by atoms with Crippen LogP contribution in [0, 0.1) is 11.3 Å². The molecule has 19 heavy (non-hydrogen) atoms. The molecule has 0 heterocycles. The van der Waals surface area contributed by atoms with Gasteiger partial charge in [0.15, 0.2) is 0 Å². The van der Waals surface area contributed by atoms with Crippen molar-refractivity contribution >= 4 is 29.2 Å². The van der Waals surface area contributed by atoms with E-state index in [1.54, 1.807) is 6.07 Å². The van der Waals surface area contributed by atoms with Gasteiger partial charge in [0.25, 0.3) is 0 Å². The van der Waals surface area contributed by atoms with Crippen molar-refractivity contribution in [1.82, 2.24) is 5.32 Å². The number of benzene rings is 1. The van der Waals surface area contributed by atoms with Gasteiger partial charge in [0.1, 0.15) is 12.1 Å². The lowest BCUT2D eigenvalue weighted by Crippen LogP contribution is -2.39. The third kappa shape index (κ3) is 4.58. The average Bonchev–Trinajstić information content (AvgIpc) is 2.36. The molecule has 1 aromatic rings. The number of carbonyl (C=O) groups is 2. The first-order valence-electron chi connectivity index (χ1n) is 5.39. The molecule has 0 aliphatic rings. The molecule has 0 aliphatic carbocycles. The Morgan fingerprint density at radius 1 is 1.53 bits per heavy atom. The van der Waals surface area contributed by atoms with Gasteiger partial charge in [-0.15, -0.1) is 0 Å². The van der Waals surface area contributed by atoms with Gasteiger partial charge < -0.3 is 10.4 Å². The zero-order valence-electron chi connectivity index (χ0n) is 10.1. The molecule has 0 saturated carbocycles. The third-order valence-electron chi connectivity index (χ3n) is 2.31. The number of anilines is 1. The summed E-state index contributed by atoms with van der Waals surface area (Å²) in [5.41, 5.74) is 0.760. The molecule has 3 N–H and O–H groups in total. The van der Waals surface area contributed by atoms with Gasteiger partial charge in [-0.05, 0) is 25.1 Å². The number of amides is 1. The first-order valence-corrected chi connectivity index (χ1v) is 5.77. The van der Waals surface area contributed by atoms with Crippen LogP contribution in [0.2, 0.25) is 5.02 Å². The summed E-state index contributed by atoms with van der Waals surface area (Å²) < 4.78 is 0. The Morgan fingerprint density at radius 3 is 2.74 bits per heavy atom. The second-order valence-corrected chi connectivity index (χ2v) is 4.20. The normalized spacial score (nSPS) is 11.4. The van der Waals surface area contributed by atoms with Crippen molar-refractivity contribution in [2.45, 2.75) is 13.0 Å². The Balaban J connectivity index is 2.56. The fourth-order valence-corrected chi connectivity index (χ4v) is 1.44. The molecule has 0 unspecified atom stereocenters. The van der Waals surface area contributed by atoms with Crippen molar-refractivity contribution in [1.29, 1.82) is 5.26 Å². The van der Waals surface area contributed by atoms with E-state index in [-0.39, 0.29) is 11.6 Å². The molecule has 6 nitrogen and oxygen atoms in total. The summed E-state index contributed by atoms with van der Waals surface area (Å²) in [6, 6.07) is 5.59. The van der Waals surface area contributed by atoms with Crippen LogP contribution in [0.4, 0.5) is 5.69 Å². The molecule has 0 aliphatic heterocycles. The zero-order chi connectivity index (χ0) is 14.4. The summed E-state index contributed by atoms with van der Waals surface area (Å²) in [7, 11) is 0. The molecular weight excluding hydrogens is 270 g/mol. The van der Waals surface area contributed by atoms with Crippen molar-refractivity contribution in [3.8, 4) is 6.07 Å². The number of nitrogens with zero attached hydrogens (tertiary/aromatic N) is 1. The minimum atomic E-state index is -1.03. The molecule has 0 saturated heterocycles. The molecule has 1 atom stereocenters. The van der Waals surface area contributed by atoms with Crippen LogP contribution in [0.3, 0.4) is 0 Å². The highest BCUT2D eigenvalue weighted by Gasteiger charge is 2.12. The molecule has 1 amide bonds. The topological polar surface area (TPSA) is 102 Å². The second kappa shape index (κ2) is 6.73. The van der Waals surface area contributed by atoms with Crippen LogP contribution < -0.4 is 10.6 Å². The number of nitriles is 1. The molecule has 1 rings (SSSR count). The number of carboxylic acid groups (broad SMARTS) is 1. The van der Waals surface area contributed by atoms with Gasteiger partial charge in [0.2, 0.25) is 5.91 Å². The molecule has 0 aromatic heterocycles. The maximum absolute atomic E-state index is 11.5. The summed E-state index contributed by atoms with van der Waals surface area (Å²) in [5, 5.41) is 22.7. The van der Waals surface area contributed by atoms with Crippen molar-refractivity contribution in [2.24, 2.45) is 0 Å². The lowest BCUT2D eigenvalue weighted by atomic mass is 10.2. The molecule has 7 heteroatoms. The Kier molecular flexibility index (Phi) is 5.30. The van der Waals surface area contributed by atoms with E-state index < -0.39 is 17.9 Å². The highest BCUT2D eigenvalue weighted by Crippen LogP contribution is 2.19. The highest BCUT2D eigenvalue weighted by molar-refractivity contribution is 6.32. The fraction of sp³-hybridized carbons (Fsp3) is 0.250. The van der Waals surface area contributed by atoms with E-state index in [1.807, 2.05) is 6.07 Å². The van der Waals surface area contributed by atoms with Crippen LogP contribution in [-0.2, 0) is 9.59 Å². The lowest BCUT2D eigenvalue weighted by molar-refractivity contribution is -0.139. The smallest absolute Gasteiger partial charge is 0.320 e. The van der Waals surface area contributed by atoms with Gasteiger partial charge in [-0.2, -0.15) is 5.26 Å². The summed E-state index contributed by atoms with van der Waals surface area (Å²) in [4.78, 5) is 22.1. The Bertz CT molecular complexity index is 540. The third-order valence-corrected chi connectivity index (χ3v) is 2.63. The van der Waals surface area contributed by atoms with E-state index in [4.69, 9.17) is 22.0 Å². The maximum Gasteiger partial charge on any atom is 0.320 e. The van der Waals surface area contributed by atoms with Gasteiger partial charge in [-0.3, -0.25) is 14.9 Å². The minimum Gasteiger partial charge on any atom is -0.480 e. The van der Waals surface area contributed by atoms with E-state index in [0.717, 1.165) is 0 Å². The van der Waals surface area contributed by atoms with E-state index in [1.165, 1.54) is 19.1 Å². The molecular formula is C12H12ClN3O3. The Morgan fingerprint density at radius 2 is 2.21 bits per heavy atom. The van der Waals surface area contributed by atoms with Gasteiger partial charge in [-0.1, -0.05) is 11.6 Å². The van der Waals surface area contributed by atoms with Gasteiger partial charge in [0, 0.05) is 5.69 Å². The highest BCUT2D eigenvalue weighted by atomic mass is 35.5. The molecule has 0 spiro atoms. The molecule has 0 radical (unpaired) electrons. The van der Waals surface area contributed by atoms with Gasteiger partial charge >= 0.3 is 5.97 Å². The van der Waals surface area contributed by atoms with Crippen LogP contribution >= 0.6 is 11.6 Å². The van der Waals surface area contributed by atoms with Crippen LogP contribution in [0.5, 0.6) is 0 Å². The van der Waals surface area contributed by atoms with E-state index in [9.17, 15) is 9.59 Å². The van der Waals surface area contributed by atoms with Gasteiger partial charge in [0.05, 0.1) is 17.1 Å². The number of hydrogen-bond donors (Lipinski definition) is 3. The largest absolute Gasteiger partial charge is 0.480 e. The second-order valence-electron chi connectivity index (χ2n) is 3.80. The van der Waals surface area contributed by atoms with Crippen LogP contribution in [0.1, 0.15) is 12.5 Å². The van der Waals surface area contributed by atoms with Crippen molar-refractivity contribution in [2.75, 3.05) is 11.9 Å². The van der Waals surface area contributed by atoms with Crippen molar-refractivity contribution in [3.05, 3.63) is 28.8 Å². The lowest BCUT2D eigenvalue weighted by Gasteiger charge is -2.10. The molecule has 0 fully saturated rings. The van der Waals surface area contributed by atoms with Crippen molar-refractivity contribution < 1.29 is 14.7 Å². The SMILES string of the molecule is C[C@@H](NCC(=O)Nc1ccc(C#N)c(Cl)c1)C(=O)O. The number of carboxylic acids is 1. The quantitative estimate of drug-likeness (QED) is 0.753. The minimum absolute atomic E-state index is 0.134. The van der Waals surface area contributed by atoms with E-state index in [2.05, 4.69) is 10.6 Å². The van der Waals surface area contributed by atoms with E-state index >= 15 is 0 Å². The standard InChI is InChI=1S/C12H12ClN3O3/c1-7(12(18)19)15-6-11(17)16-9-3-2-8(5-14)10(13)4-9/h2-4,7,15H,6H2,1H3,(H,16,17)(H,18,19)/t7-/m1/s1. The molecule has 1 aromatic carbocycles. The Labute approximate surface area is 115 Å². The number of nitrogens with one attached hydrogen (secondary N) is 2. The van der Waals surface area contributed by atoms with E-state index in [0.29, 0.717) is 11.3 Å². The van der Waals surface area contributed by atoms with Crippen LogP contribution in [0.15, 0.2) is 18.2 Å². The number of rotatable bonds is 5. The molecule has 0 bridgehead atoms. The first kappa shape index (κ1) is 15.0. The fourth-order valence-electron chi connectivity index (χ4n) is 1.22. The average molecular weight is 282 g/mol. The zero-order valence-corrected chi connectivity index (χ0v) is 10.9. The summed E-state index contributed by atoms with van der Waals surface area (Å²) in [5.74, 6) is -1.43. The molecule has 100 valence electrons. The van der Waals surface area contributed by atoms with Crippen LogP contribution in [-0.4, -0.2) is 29.6 Å². The summed E-state index contributed by atoms with van der Waals surface area (Å²) in [6.07, 6.45) is 0. The monoisotopic (exact) mass is 281 g/mol. The van der Waals surface area contributed by atoms with Crippen molar-refractivity contribution in [3.63, 3.8) is 0 Å². The first-order chi connectivity index (χ1) is 8.93. The number of hydrogen-bond acceptors (Lipinski definition) is 4. The Hall–Kier alpha value is -2.10. The number of aliphatic carboxylic acids is 1. The predicted molar refractivity (Wildman–Crippen MR) is 69.9 cm³/mol. The maximum atomic E-state index is 11.5. The number of halogens is 1. The summed E-state index contributed by atoms with van der Waals surface area (Å²) in [6.45, 7) is 1.30. The van der Waals surface area contributed by atoms with Crippen LogP contribution in [0.25, 0.3) is 0 Å². The predicted octanol–water partition coefficient (Wildman–Crippen LogP) is 1.21.